The van der Waals surface area contributed by atoms with E-state index in [9.17, 15) is 4.79 Å². The highest BCUT2D eigenvalue weighted by atomic mass is 16.6. The topological polar surface area (TPSA) is 80.4 Å². The van der Waals surface area contributed by atoms with E-state index in [0.29, 0.717) is 24.4 Å². The normalized spacial score (nSPS) is 15.2. The molecule has 1 aromatic heterocycles. The average Bonchev–Trinajstić information content (AvgIpc) is 3.16. The molecule has 1 aliphatic rings. The van der Waals surface area contributed by atoms with Gasteiger partial charge in [-0.15, -0.1) is 0 Å². The maximum Gasteiger partial charge on any atom is 0.410 e. The van der Waals surface area contributed by atoms with Crippen LogP contribution in [-0.4, -0.2) is 46.6 Å². The van der Waals surface area contributed by atoms with Gasteiger partial charge in [0.15, 0.2) is 0 Å². The Morgan fingerprint density at radius 2 is 2.00 bits per heavy atom. The lowest BCUT2D eigenvalue weighted by Crippen LogP contribution is -2.42. The van der Waals surface area contributed by atoms with E-state index in [-0.39, 0.29) is 12.1 Å². The summed E-state index contributed by atoms with van der Waals surface area (Å²) in [6.07, 6.45) is 5.20. The fourth-order valence-electron chi connectivity index (χ4n) is 3.32. The number of piperidine rings is 1. The van der Waals surface area contributed by atoms with Gasteiger partial charge in [0, 0.05) is 30.4 Å². The van der Waals surface area contributed by atoms with Crippen LogP contribution in [-0.2, 0) is 4.74 Å². The number of nitrogens with zero attached hydrogens (tertiary/aromatic N) is 4. The van der Waals surface area contributed by atoms with E-state index in [1.807, 2.05) is 43.9 Å². The summed E-state index contributed by atoms with van der Waals surface area (Å²) in [5, 5.41) is 13.6. The quantitative estimate of drug-likeness (QED) is 0.801. The van der Waals surface area contributed by atoms with Gasteiger partial charge in [-0.2, -0.15) is 10.4 Å². The third-order valence-corrected chi connectivity index (χ3v) is 4.73. The van der Waals surface area contributed by atoms with Crippen molar-refractivity contribution in [1.82, 2.24) is 14.7 Å². The van der Waals surface area contributed by atoms with Crippen molar-refractivity contribution < 1.29 is 14.3 Å². The Kier molecular flexibility index (Phi) is 5.59. The zero-order valence-corrected chi connectivity index (χ0v) is 16.8. The third-order valence-electron chi connectivity index (χ3n) is 4.73. The SMILES string of the molecule is COc1cc(C#N)ccc1-c1cnn(C2CCN(C(=O)OC(C)(C)C)CC2)c1. The van der Waals surface area contributed by atoms with E-state index in [0.717, 1.165) is 24.0 Å². The number of rotatable bonds is 3. The highest BCUT2D eigenvalue weighted by Gasteiger charge is 2.28. The van der Waals surface area contributed by atoms with Crippen molar-refractivity contribution in [2.24, 2.45) is 0 Å². The number of hydrogen-bond donors (Lipinski definition) is 0. The Hall–Kier alpha value is -3.01. The average molecular weight is 382 g/mol. The van der Waals surface area contributed by atoms with Crippen LogP contribution in [0.1, 0.15) is 45.2 Å². The second-order valence-corrected chi connectivity index (χ2v) is 7.93. The fraction of sp³-hybridized carbons (Fsp3) is 0.476. The molecule has 1 aliphatic heterocycles. The smallest absolute Gasteiger partial charge is 0.410 e. The summed E-state index contributed by atoms with van der Waals surface area (Å²) in [5.74, 6) is 0.651. The molecule has 0 atom stereocenters. The molecule has 1 saturated heterocycles. The van der Waals surface area contributed by atoms with Gasteiger partial charge in [-0.25, -0.2) is 4.79 Å². The number of methoxy groups -OCH3 is 1. The number of nitriles is 1. The monoisotopic (exact) mass is 382 g/mol. The number of carbonyl (C=O) groups excluding carboxylic acids is 1. The van der Waals surface area contributed by atoms with Gasteiger partial charge in [0.25, 0.3) is 0 Å². The zero-order valence-electron chi connectivity index (χ0n) is 16.8. The molecule has 2 heterocycles. The number of amides is 1. The van der Waals surface area contributed by atoms with Crippen LogP contribution in [0.15, 0.2) is 30.6 Å². The molecule has 1 aromatic carbocycles. The van der Waals surface area contributed by atoms with Crippen molar-refractivity contribution in [2.45, 2.75) is 45.3 Å². The first-order valence-corrected chi connectivity index (χ1v) is 9.41. The first kappa shape index (κ1) is 19.7. The van der Waals surface area contributed by atoms with Crippen LogP contribution in [0.25, 0.3) is 11.1 Å². The van der Waals surface area contributed by atoms with E-state index in [4.69, 9.17) is 14.7 Å². The summed E-state index contributed by atoms with van der Waals surface area (Å²) < 4.78 is 12.8. The van der Waals surface area contributed by atoms with Crippen molar-refractivity contribution in [3.63, 3.8) is 0 Å². The summed E-state index contributed by atoms with van der Waals surface area (Å²) in [6, 6.07) is 7.73. The number of ether oxygens (including phenoxy) is 2. The molecule has 3 rings (SSSR count). The van der Waals surface area contributed by atoms with E-state index >= 15 is 0 Å². The first-order chi connectivity index (χ1) is 13.3. The second-order valence-electron chi connectivity index (χ2n) is 7.93. The minimum atomic E-state index is -0.481. The molecular formula is C21H26N4O3. The van der Waals surface area contributed by atoms with Gasteiger partial charge in [0.1, 0.15) is 11.4 Å². The molecule has 2 aromatic rings. The van der Waals surface area contributed by atoms with Crippen LogP contribution in [0.3, 0.4) is 0 Å². The van der Waals surface area contributed by atoms with Gasteiger partial charge < -0.3 is 14.4 Å². The number of aromatic nitrogens is 2. The van der Waals surface area contributed by atoms with Crippen LogP contribution in [0.5, 0.6) is 5.75 Å². The minimum Gasteiger partial charge on any atom is -0.496 e. The minimum absolute atomic E-state index is 0.233. The lowest BCUT2D eigenvalue weighted by molar-refractivity contribution is 0.0185. The molecule has 1 amide bonds. The fourth-order valence-corrected chi connectivity index (χ4v) is 3.32. The maximum absolute atomic E-state index is 12.2. The predicted molar refractivity (Wildman–Crippen MR) is 105 cm³/mol. The van der Waals surface area contributed by atoms with Crippen LogP contribution in [0.4, 0.5) is 4.79 Å². The molecule has 0 N–H and O–H groups in total. The maximum atomic E-state index is 12.2. The second kappa shape index (κ2) is 7.93. The van der Waals surface area contributed by atoms with Crippen molar-refractivity contribution in [1.29, 1.82) is 5.26 Å². The molecule has 28 heavy (non-hydrogen) atoms. The van der Waals surface area contributed by atoms with E-state index in [1.54, 1.807) is 24.1 Å². The van der Waals surface area contributed by atoms with Gasteiger partial charge >= 0.3 is 6.09 Å². The molecule has 7 heteroatoms. The number of likely N-dealkylation sites (tertiary alicyclic amines) is 1. The largest absolute Gasteiger partial charge is 0.496 e. The van der Waals surface area contributed by atoms with Crippen LogP contribution < -0.4 is 4.74 Å². The number of hydrogen-bond acceptors (Lipinski definition) is 5. The highest BCUT2D eigenvalue weighted by Crippen LogP contribution is 2.32. The van der Waals surface area contributed by atoms with Crippen molar-refractivity contribution in [3.8, 4) is 22.9 Å². The van der Waals surface area contributed by atoms with Crippen molar-refractivity contribution >= 4 is 6.09 Å². The molecule has 0 saturated carbocycles. The first-order valence-electron chi connectivity index (χ1n) is 9.41. The molecule has 0 unspecified atom stereocenters. The number of carbonyl (C=O) groups is 1. The van der Waals surface area contributed by atoms with E-state index in [1.165, 1.54) is 0 Å². The summed E-state index contributed by atoms with van der Waals surface area (Å²) in [4.78, 5) is 14.0. The van der Waals surface area contributed by atoms with Crippen LogP contribution in [0, 0.1) is 11.3 Å². The van der Waals surface area contributed by atoms with Crippen LogP contribution >= 0.6 is 0 Å². The molecule has 0 aliphatic carbocycles. The molecule has 0 bridgehead atoms. The van der Waals surface area contributed by atoms with E-state index < -0.39 is 5.60 Å². The molecule has 0 spiro atoms. The Balaban J connectivity index is 1.68. The van der Waals surface area contributed by atoms with Crippen LogP contribution in [0.2, 0.25) is 0 Å². The lowest BCUT2D eigenvalue weighted by Gasteiger charge is -2.33. The summed E-state index contributed by atoms with van der Waals surface area (Å²) in [6.45, 7) is 6.92. The van der Waals surface area contributed by atoms with Gasteiger partial charge in [-0.1, -0.05) is 0 Å². The van der Waals surface area contributed by atoms with Crippen molar-refractivity contribution in [3.05, 3.63) is 36.2 Å². The summed E-state index contributed by atoms with van der Waals surface area (Å²) >= 11 is 0. The molecule has 148 valence electrons. The Morgan fingerprint density at radius 1 is 1.29 bits per heavy atom. The predicted octanol–water partition coefficient (Wildman–Crippen LogP) is 4.00. The molecule has 0 radical (unpaired) electrons. The molecular weight excluding hydrogens is 356 g/mol. The number of benzene rings is 1. The standard InChI is InChI=1S/C21H26N4O3/c1-21(2,3)28-20(26)24-9-7-17(8-10-24)25-14-16(13-23-25)18-6-5-15(12-22)11-19(18)27-4/h5-6,11,13-14,17H,7-10H2,1-4H3. The van der Waals surface area contributed by atoms with E-state index in [2.05, 4.69) is 11.2 Å². The zero-order chi connectivity index (χ0) is 20.3. The molecule has 1 fully saturated rings. The van der Waals surface area contributed by atoms with Gasteiger partial charge in [0.05, 0.1) is 31.0 Å². The van der Waals surface area contributed by atoms with Gasteiger partial charge in [-0.3, -0.25) is 4.68 Å². The summed E-state index contributed by atoms with van der Waals surface area (Å²) in [7, 11) is 1.59. The Morgan fingerprint density at radius 3 is 2.61 bits per heavy atom. The highest BCUT2D eigenvalue weighted by molar-refractivity contribution is 5.70. The summed E-state index contributed by atoms with van der Waals surface area (Å²) in [5.41, 5.74) is 1.92. The van der Waals surface area contributed by atoms with Crippen molar-refractivity contribution in [2.75, 3.05) is 20.2 Å². The Labute approximate surface area is 165 Å². The third kappa shape index (κ3) is 4.45. The Bertz CT molecular complexity index is 884. The van der Waals surface area contributed by atoms with Gasteiger partial charge in [0.2, 0.25) is 0 Å². The molecule has 7 nitrogen and oxygen atoms in total. The lowest BCUT2D eigenvalue weighted by atomic mass is 10.0. The van der Waals surface area contributed by atoms with Gasteiger partial charge in [-0.05, 0) is 51.8 Å².